The van der Waals surface area contributed by atoms with Crippen LogP contribution < -0.4 is 5.32 Å². The van der Waals surface area contributed by atoms with Crippen LogP contribution in [0.3, 0.4) is 0 Å². The molecule has 0 amide bonds. The van der Waals surface area contributed by atoms with Gasteiger partial charge in [0.05, 0.1) is 0 Å². The number of hydrogen-bond acceptors (Lipinski definition) is 2. The van der Waals surface area contributed by atoms with Crippen molar-refractivity contribution in [1.82, 2.24) is 5.32 Å². The molecule has 0 bridgehead atoms. The van der Waals surface area contributed by atoms with E-state index in [1.54, 1.807) is 13.0 Å². The molecule has 0 radical (unpaired) electrons. The Kier molecular flexibility index (Phi) is 4.35. The van der Waals surface area contributed by atoms with Crippen molar-refractivity contribution in [3.63, 3.8) is 0 Å². The van der Waals surface area contributed by atoms with Crippen LogP contribution in [0, 0.1) is 18.6 Å². The Balaban J connectivity index is 2.10. The predicted molar refractivity (Wildman–Crippen MR) is 74.5 cm³/mol. The number of nitrogens with one attached hydrogen (secondary N) is 1. The molecular formula is C16H17F2NO. The molecule has 0 spiro atoms. The molecule has 0 saturated carbocycles. The van der Waals surface area contributed by atoms with Gasteiger partial charge in [-0.1, -0.05) is 17.7 Å². The zero-order chi connectivity index (χ0) is 14.7. The number of phenols is 1. The highest BCUT2D eigenvalue weighted by Crippen LogP contribution is 2.21. The van der Waals surface area contributed by atoms with Gasteiger partial charge in [-0.2, -0.15) is 0 Å². The first-order chi connectivity index (χ1) is 9.47. The van der Waals surface area contributed by atoms with E-state index >= 15 is 0 Å². The Labute approximate surface area is 117 Å². The molecule has 0 aliphatic heterocycles. The van der Waals surface area contributed by atoms with E-state index in [0.29, 0.717) is 6.54 Å². The molecule has 0 aromatic heterocycles. The topological polar surface area (TPSA) is 32.3 Å². The molecule has 20 heavy (non-hydrogen) atoms. The summed E-state index contributed by atoms with van der Waals surface area (Å²) in [6, 6.07) is 8.34. The van der Waals surface area contributed by atoms with Crippen molar-refractivity contribution in [3.8, 4) is 5.75 Å². The first kappa shape index (κ1) is 14.5. The normalized spacial score (nSPS) is 12.4. The van der Waals surface area contributed by atoms with Crippen LogP contribution in [0.1, 0.15) is 29.7 Å². The van der Waals surface area contributed by atoms with Crippen LogP contribution in [-0.4, -0.2) is 5.11 Å². The lowest BCUT2D eigenvalue weighted by Gasteiger charge is -2.16. The standard InChI is InChI=1S/C16H17F2NO/c1-10-3-6-16(20)12(7-10)9-19-11(2)14-8-13(17)4-5-15(14)18/h3-8,11,19-20H,9H2,1-2H3. The fourth-order valence-electron chi connectivity index (χ4n) is 2.08. The lowest BCUT2D eigenvalue weighted by Crippen LogP contribution is -2.19. The lowest BCUT2D eigenvalue weighted by molar-refractivity contribution is 0.457. The van der Waals surface area contributed by atoms with Gasteiger partial charge >= 0.3 is 0 Å². The highest BCUT2D eigenvalue weighted by Gasteiger charge is 2.12. The van der Waals surface area contributed by atoms with Crippen LogP contribution in [0.15, 0.2) is 36.4 Å². The third-order valence-corrected chi connectivity index (χ3v) is 3.26. The van der Waals surface area contributed by atoms with Gasteiger partial charge in [0.15, 0.2) is 0 Å². The summed E-state index contributed by atoms with van der Waals surface area (Å²) >= 11 is 0. The zero-order valence-electron chi connectivity index (χ0n) is 11.5. The lowest BCUT2D eigenvalue weighted by atomic mass is 10.1. The molecule has 0 saturated heterocycles. The molecule has 2 nitrogen and oxygen atoms in total. The quantitative estimate of drug-likeness (QED) is 0.890. The van der Waals surface area contributed by atoms with Crippen molar-refractivity contribution in [2.75, 3.05) is 0 Å². The Hall–Kier alpha value is -1.94. The number of phenolic OH excluding ortho intramolecular Hbond substituents is 1. The summed E-state index contributed by atoms with van der Waals surface area (Å²) in [7, 11) is 0. The van der Waals surface area contributed by atoms with E-state index in [-0.39, 0.29) is 17.4 Å². The van der Waals surface area contributed by atoms with E-state index in [1.165, 1.54) is 6.07 Å². The first-order valence-electron chi connectivity index (χ1n) is 6.44. The molecule has 0 aliphatic rings. The van der Waals surface area contributed by atoms with Crippen molar-refractivity contribution in [3.05, 3.63) is 64.7 Å². The van der Waals surface area contributed by atoms with E-state index in [0.717, 1.165) is 23.3 Å². The monoisotopic (exact) mass is 277 g/mol. The average molecular weight is 277 g/mol. The summed E-state index contributed by atoms with van der Waals surface area (Å²) in [5.41, 5.74) is 2.04. The van der Waals surface area contributed by atoms with Gasteiger partial charge in [-0.3, -0.25) is 0 Å². The highest BCUT2D eigenvalue weighted by molar-refractivity contribution is 5.35. The molecule has 0 heterocycles. The van der Waals surface area contributed by atoms with Gasteiger partial charge in [0.1, 0.15) is 17.4 Å². The fraction of sp³-hybridized carbons (Fsp3) is 0.250. The van der Waals surface area contributed by atoms with Crippen LogP contribution >= 0.6 is 0 Å². The summed E-state index contributed by atoms with van der Waals surface area (Å²) in [5.74, 6) is -0.719. The number of aryl methyl sites for hydroxylation is 1. The summed E-state index contributed by atoms with van der Waals surface area (Å²) in [6.07, 6.45) is 0. The first-order valence-corrected chi connectivity index (χ1v) is 6.44. The summed E-state index contributed by atoms with van der Waals surface area (Å²) in [5, 5.41) is 12.8. The number of aromatic hydroxyl groups is 1. The van der Waals surface area contributed by atoms with Crippen LogP contribution in [-0.2, 0) is 6.54 Å². The van der Waals surface area contributed by atoms with E-state index < -0.39 is 11.6 Å². The van der Waals surface area contributed by atoms with Gasteiger partial charge in [-0.15, -0.1) is 0 Å². The zero-order valence-corrected chi connectivity index (χ0v) is 11.5. The number of benzene rings is 2. The van der Waals surface area contributed by atoms with E-state index in [4.69, 9.17) is 0 Å². The maximum atomic E-state index is 13.6. The molecule has 0 fully saturated rings. The Bertz CT molecular complexity index is 613. The van der Waals surface area contributed by atoms with Crippen molar-refractivity contribution < 1.29 is 13.9 Å². The van der Waals surface area contributed by atoms with Crippen LogP contribution in [0.4, 0.5) is 8.78 Å². The molecule has 0 aliphatic carbocycles. The molecule has 106 valence electrons. The Morgan fingerprint density at radius 2 is 1.90 bits per heavy atom. The number of rotatable bonds is 4. The SMILES string of the molecule is Cc1ccc(O)c(CNC(C)c2cc(F)ccc2F)c1. The van der Waals surface area contributed by atoms with E-state index in [2.05, 4.69) is 5.32 Å². The molecule has 1 atom stereocenters. The van der Waals surface area contributed by atoms with Gasteiger partial charge in [0.2, 0.25) is 0 Å². The fourth-order valence-corrected chi connectivity index (χ4v) is 2.08. The minimum Gasteiger partial charge on any atom is -0.508 e. The van der Waals surface area contributed by atoms with Crippen molar-refractivity contribution >= 4 is 0 Å². The molecule has 1 unspecified atom stereocenters. The van der Waals surface area contributed by atoms with Crippen molar-refractivity contribution in [1.29, 1.82) is 0 Å². The highest BCUT2D eigenvalue weighted by atomic mass is 19.1. The molecule has 2 aromatic rings. The van der Waals surface area contributed by atoms with Gasteiger partial charge in [-0.05, 0) is 38.1 Å². The van der Waals surface area contributed by atoms with Crippen molar-refractivity contribution in [2.45, 2.75) is 26.4 Å². The second kappa shape index (κ2) is 6.01. The van der Waals surface area contributed by atoms with Gasteiger partial charge in [0, 0.05) is 23.7 Å². The number of halogens is 2. The summed E-state index contributed by atoms with van der Waals surface area (Å²) in [4.78, 5) is 0. The maximum absolute atomic E-state index is 13.6. The van der Waals surface area contributed by atoms with Gasteiger partial charge in [0.25, 0.3) is 0 Å². The van der Waals surface area contributed by atoms with Crippen LogP contribution in [0.5, 0.6) is 5.75 Å². The summed E-state index contributed by atoms with van der Waals surface area (Å²) in [6.45, 7) is 4.06. The third-order valence-electron chi connectivity index (χ3n) is 3.26. The second-order valence-corrected chi connectivity index (χ2v) is 4.90. The molecule has 2 rings (SSSR count). The Morgan fingerprint density at radius 1 is 1.15 bits per heavy atom. The minimum absolute atomic E-state index is 0.190. The smallest absolute Gasteiger partial charge is 0.128 e. The molecule has 2 aromatic carbocycles. The largest absolute Gasteiger partial charge is 0.508 e. The second-order valence-electron chi connectivity index (χ2n) is 4.90. The molecule has 2 N–H and O–H groups in total. The Morgan fingerprint density at radius 3 is 2.65 bits per heavy atom. The minimum atomic E-state index is -0.464. The van der Waals surface area contributed by atoms with Crippen LogP contribution in [0.2, 0.25) is 0 Å². The van der Waals surface area contributed by atoms with Crippen LogP contribution in [0.25, 0.3) is 0 Å². The third kappa shape index (κ3) is 3.33. The van der Waals surface area contributed by atoms with Gasteiger partial charge in [-0.25, -0.2) is 8.78 Å². The predicted octanol–water partition coefficient (Wildman–Crippen LogP) is 3.83. The van der Waals surface area contributed by atoms with E-state index in [9.17, 15) is 13.9 Å². The molecule has 4 heteroatoms. The van der Waals surface area contributed by atoms with Crippen molar-refractivity contribution in [2.24, 2.45) is 0 Å². The molecular weight excluding hydrogens is 260 g/mol. The average Bonchev–Trinajstić information content (AvgIpc) is 2.42. The maximum Gasteiger partial charge on any atom is 0.128 e. The number of hydrogen-bond donors (Lipinski definition) is 2. The van der Waals surface area contributed by atoms with E-state index in [1.807, 2.05) is 19.1 Å². The summed E-state index contributed by atoms with van der Waals surface area (Å²) < 4.78 is 26.8. The van der Waals surface area contributed by atoms with Gasteiger partial charge < -0.3 is 10.4 Å².